The first-order chi connectivity index (χ1) is 8.22. The molecular weight excluding hydrogens is 214 g/mol. The highest BCUT2D eigenvalue weighted by atomic mass is 16.5. The maximum Gasteiger partial charge on any atom is 0.125 e. The molecule has 1 aromatic carbocycles. The summed E-state index contributed by atoms with van der Waals surface area (Å²) in [5.74, 6) is 0.720. The van der Waals surface area contributed by atoms with Gasteiger partial charge in [0, 0.05) is 11.8 Å². The molecule has 4 nitrogen and oxygen atoms in total. The van der Waals surface area contributed by atoms with Crippen molar-refractivity contribution >= 4 is 0 Å². The van der Waals surface area contributed by atoms with Crippen LogP contribution in [-0.4, -0.2) is 16.9 Å². The molecule has 17 heavy (non-hydrogen) atoms. The zero-order valence-corrected chi connectivity index (χ0v) is 9.84. The molecule has 0 bridgehead atoms. The fraction of sp³-hybridized carbons (Fsp3) is 0.231. The van der Waals surface area contributed by atoms with Crippen LogP contribution in [0.1, 0.15) is 16.7 Å². The Kier molecular flexibility index (Phi) is 3.10. The van der Waals surface area contributed by atoms with Gasteiger partial charge < -0.3 is 4.74 Å². The summed E-state index contributed by atoms with van der Waals surface area (Å²) in [6.07, 6.45) is 3.79. The van der Waals surface area contributed by atoms with E-state index in [2.05, 4.69) is 11.2 Å². The smallest absolute Gasteiger partial charge is 0.125 e. The van der Waals surface area contributed by atoms with Gasteiger partial charge in [0.05, 0.1) is 31.5 Å². The van der Waals surface area contributed by atoms with Crippen LogP contribution in [0.15, 0.2) is 30.6 Å². The number of rotatable bonds is 3. The maximum atomic E-state index is 8.82. The van der Waals surface area contributed by atoms with E-state index in [-0.39, 0.29) is 0 Å². The van der Waals surface area contributed by atoms with Crippen LogP contribution in [0.25, 0.3) is 0 Å². The van der Waals surface area contributed by atoms with Gasteiger partial charge in [-0.15, -0.1) is 0 Å². The zero-order valence-electron chi connectivity index (χ0n) is 9.84. The molecule has 0 N–H and O–H groups in total. The maximum absolute atomic E-state index is 8.82. The van der Waals surface area contributed by atoms with Gasteiger partial charge in [-0.3, -0.25) is 4.68 Å². The summed E-state index contributed by atoms with van der Waals surface area (Å²) in [4.78, 5) is 0. The lowest BCUT2D eigenvalue weighted by molar-refractivity contribution is 0.407. The van der Waals surface area contributed by atoms with Gasteiger partial charge in [-0.05, 0) is 24.6 Å². The highest BCUT2D eigenvalue weighted by molar-refractivity contribution is 5.42. The lowest BCUT2D eigenvalue weighted by atomic mass is 10.1. The van der Waals surface area contributed by atoms with Crippen LogP contribution in [0.3, 0.4) is 0 Å². The van der Waals surface area contributed by atoms with Gasteiger partial charge in [-0.2, -0.15) is 10.4 Å². The predicted molar refractivity (Wildman–Crippen MR) is 63.8 cm³/mol. The Morgan fingerprint density at radius 2 is 2.29 bits per heavy atom. The van der Waals surface area contributed by atoms with Gasteiger partial charge in [-0.25, -0.2) is 0 Å². The third kappa shape index (κ3) is 2.45. The Labute approximate surface area is 100 Å². The summed E-state index contributed by atoms with van der Waals surface area (Å²) in [7, 11) is 1.61. The van der Waals surface area contributed by atoms with Gasteiger partial charge in [0.1, 0.15) is 5.75 Å². The summed E-state index contributed by atoms with van der Waals surface area (Å²) >= 11 is 0. The zero-order chi connectivity index (χ0) is 12.3. The number of aromatic nitrogens is 2. The molecule has 2 rings (SSSR count). The molecule has 0 aliphatic heterocycles. The van der Waals surface area contributed by atoms with Crippen LogP contribution in [-0.2, 0) is 6.54 Å². The average Bonchev–Trinajstić information content (AvgIpc) is 2.75. The Morgan fingerprint density at radius 1 is 1.47 bits per heavy atom. The summed E-state index contributed by atoms with van der Waals surface area (Å²) < 4.78 is 7.12. The number of hydrogen-bond acceptors (Lipinski definition) is 3. The van der Waals surface area contributed by atoms with Crippen LogP contribution in [0.5, 0.6) is 5.75 Å². The third-order valence-corrected chi connectivity index (χ3v) is 2.51. The SMILES string of the molecule is COc1cc(C#N)ccc1Cn1cc(C)cn1. The number of hydrogen-bond donors (Lipinski definition) is 0. The van der Waals surface area contributed by atoms with E-state index in [9.17, 15) is 0 Å². The van der Waals surface area contributed by atoms with Crippen molar-refractivity contribution < 1.29 is 4.74 Å². The molecule has 0 aliphatic rings. The normalized spacial score (nSPS) is 9.94. The van der Waals surface area contributed by atoms with Crippen molar-refractivity contribution in [2.45, 2.75) is 13.5 Å². The number of nitrogens with zero attached hydrogens (tertiary/aromatic N) is 3. The van der Waals surface area contributed by atoms with Gasteiger partial charge in [0.2, 0.25) is 0 Å². The minimum atomic E-state index is 0.599. The monoisotopic (exact) mass is 227 g/mol. The number of ether oxygens (including phenoxy) is 1. The quantitative estimate of drug-likeness (QED) is 0.807. The predicted octanol–water partition coefficient (Wildman–Crippen LogP) is 2.12. The molecule has 0 fully saturated rings. The molecule has 86 valence electrons. The first kappa shape index (κ1) is 11.2. The molecule has 0 amide bonds. The van der Waals surface area contributed by atoms with E-state index in [4.69, 9.17) is 10.00 Å². The lowest BCUT2D eigenvalue weighted by Gasteiger charge is -2.08. The van der Waals surface area contributed by atoms with Crippen molar-refractivity contribution in [3.05, 3.63) is 47.3 Å². The van der Waals surface area contributed by atoms with E-state index in [1.807, 2.05) is 30.1 Å². The van der Waals surface area contributed by atoms with E-state index >= 15 is 0 Å². The Hall–Kier alpha value is -2.28. The first-order valence-corrected chi connectivity index (χ1v) is 5.29. The van der Waals surface area contributed by atoms with Crippen LogP contribution < -0.4 is 4.74 Å². The highest BCUT2D eigenvalue weighted by Gasteiger charge is 2.05. The molecule has 1 heterocycles. The van der Waals surface area contributed by atoms with Crippen molar-refractivity contribution in [3.8, 4) is 11.8 Å². The molecular formula is C13H13N3O. The fourth-order valence-corrected chi connectivity index (χ4v) is 1.67. The molecule has 0 saturated carbocycles. The molecule has 2 aromatic rings. The number of nitriles is 1. The average molecular weight is 227 g/mol. The second-order valence-electron chi connectivity index (χ2n) is 3.85. The van der Waals surface area contributed by atoms with E-state index in [0.717, 1.165) is 16.9 Å². The molecule has 0 unspecified atom stereocenters. The minimum absolute atomic E-state index is 0.599. The molecule has 0 radical (unpaired) electrons. The van der Waals surface area contributed by atoms with Crippen LogP contribution in [0.4, 0.5) is 0 Å². The molecule has 0 saturated heterocycles. The van der Waals surface area contributed by atoms with Crippen molar-refractivity contribution in [1.82, 2.24) is 9.78 Å². The molecule has 4 heteroatoms. The number of benzene rings is 1. The number of aryl methyl sites for hydroxylation is 1. The van der Waals surface area contributed by atoms with E-state index in [1.165, 1.54) is 0 Å². The van der Waals surface area contributed by atoms with E-state index in [0.29, 0.717) is 12.1 Å². The standard InChI is InChI=1S/C13H13N3O/c1-10-7-15-16(8-10)9-12-4-3-11(6-14)5-13(12)17-2/h3-5,7-8H,9H2,1-2H3. The van der Waals surface area contributed by atoms with E-state index in [1.54, 1.807) is 19.2 Å². The Bertz CT molecular complexity index is 566. The summed E-state index contributed by atoms with van der Waals surface area (Å²) in [5.41, 5.74) is 2.73. The fourth-order valence-electron chi connectivity index (χ4n) is 1.67. The summed E-state index contributed by atoms with van der Waals surface area (Å²) in [6, 6.07) is 7.52. The van der Waals surface area contributed by atoms with Gasteiger partial charge in [0.15, 0.2) is 0 Å². The summed E-state index contributed by atoms with van der Waals surface area (Å²) in [6.45, 7) is 2.64. The van der Waals surface area contributed by atoms with Crippen molar-refractivity contribution in [2.24, 2.45) is 0 Å². The highest BCUT2D eigenvalue weighted by Crippen LogP contribution is 2.20. The van der Waals surface area contributed by atoms with Crippen molar-refractivity contribution in [2.75, 3.05) is 7.11 Å². The van der Waals surface area contributed by atoms with Crippen molar-refractivity contribution in [1.29, 1.82) is 5.26 Å². The minimum Gasteiger partial charge on any atom is -0.496 e. The van der Waals surface area contributed by atoms with Gasteiger partial charge in [-0.1, -0.05) is 6.07 Å². The van der Waals surface area contributed by atoms with E-state index < -0.39 is 0 Å². The summed E-state index contributed by atoms with van der Waals surface area (Å²) in [5, 5.41) is 13.0. The first-order valence-electron chi connectivity index (χ1n) is 5.29. The Morgan fingerprint density at radius 3 is 2.88 bits per heavy atom. The number of methoxy groups -OCH3 is 1. The van der Waals surface area contributed by atoms with Crippen LogP contribution in [0.2, 0.25) is 0 Å². The second kappa shape index (κ2) is 4.71. The molecule has 0 aliphatic carbocycles. The third-order valence-electron chi connectivity index (χ3n) is 2.51. The Balaban J connectivity index is 2.30. The molecule has 0 spiro atoms. The van der Waals surface area contributed by atoms with Crippen molar-refractivity contribution in [3.63, 3.8) is 0 Å². The van der Waals surface area contributed by atoms with Gasteiger partial charge >= 0.3 is 0 Å². The van der Waals surface area contributed by atoms with Crippen LogP contribution in [0, 0.1) is 18.3 Å². The largest absolute Gasteiger partial charge is 0.496 e. The molecule has 1 aromatic heterocycles. The van der Waals surface area contributed by atoms with Gasteiger partial charge in [0.25, 0.3) is 0 Å². The molecule has 0 atom stereocenters. The second-order valence-corrected chi connectivity index (χ2v) is 3.85. The van der Waals surface area contributed by atoms with Crippen LogP contribution >= 0.6 is 0 Å². The topological polar surface area (TPSA) is 50.8 Å². The lowest BCUT2D eigenvalue weighted by Crippen LogP contribution is -2.02.